The lowest BCUT2D eigenvalue weighted by Crippen LogP contribution is -2.44. The zero-order valence-electron chi connectivity index (χ0n) is 8.21. The predicted molar refractivity (Wildman–Crippen MR) is 50.0 cm³/mol. The minimum Gasteiger partial charge on any atom is -0.291 e. The number of fused-ring (bicyclic) bond motifs is 1. The SMILES string of the molecule is CC1CCC(C2CC3(C)CN23)C1. The van der Waals surface area contributed by atoms with Gasteiger partial charge < -0.3 is 0 Å². The molecule has 0 spiro atoms. The van der Waals surface area contributed by atoms with E-state index in [9.17, 15) is 0 Å². The van der Waals surface area contributed by atoms with Crippen LogP contribution in [0.5, 0.6) is 0 Å². The molecule has 0 N–H and O–H groups in total. The topological polar surface area (TPSA) is 3.01 Å². The van der Waals surface area contributed by atoms with Gasteiger partial charge in [0.15, 0.2) is 0 Å². The maximum absolute atomic E-state index is 2.72. The Morgan fingerprint density at radius 3 is 2.58 bits per heavy atom. The lowest BCUT2D eigenvalue weighted by Gasteiger charge is -2.38. The highest BCUT2D eigenvalue weighted by Crippen LogP contribution is 2.55. The van der Waals surface area contributed by atoms with E-state index in [1.165, 1.54) is 32.2 Å². The first-order chi connectivity index (χ1) is 5.69. The van der Waals surface area contributed by atoms with Crippen LogP contribution in [0.2, 0.25) is 0 Å². The standard InChI is InChI=1S/C11H19N/c1-8-3-4-9(5-8)10-6-11(2)7-12(10)11/h8-10H,3-7H2,1-2H3. The molecular weight excluding hydrogens is 146 g/mol. The molecule has 3 rings (SSSR count). The number of hydrogen-bond acceptors (Lipinski definition) is 1. The van der Waals surface area contributed by atoms with E-state index >= 15 is 0 Å². The summed E-state index contributed by atoms with van der Waals surface area (Å²) in [6.45, 7) is 6.24. The van der Waals surface area contributed by atoms with Crippen LogP contribution >= 0.6 is 0 Å². The van der Waals surface area contributed by atoms with Gasteiger partial charge in [0.05, 0.1) is 0 Å². The van der Waals surface area contributed by atoms with E-state index in [0.717, 1.165) is 17.9 Å². The fourth-order valence-corrected chi connectivity index (χ4v) is 3.50. The average Bonchev–Trinajstić information content (AvgIpc) is 2.47. The highest BCUT2D eigenvalue weighted by molar-refractivity contribution is 5.19. The molecule has 2 heterocycles. The molecule has 0 bridgehead atoms. The van der Waals surface area contributed by atoms with E-state index in [2.05, 4.69) is 18.7 Å². The normalized spacial score (nSPS) is 62.5. The lowest BCUT2D eigenvalue weighted by molar-refractivity contribution is 0.120. The van der Waals surface area contributed by atoms with Crippen LogP contribution < -0.4 is 0 Å². The highest BCUT2D eigenvalue weighted by Gasteiger charge is 2.63. The van der Waals surface area contributed by atoms with E-state index in [1.807, 2.05) is 0 Å². The van der Waals surface area contributed by atoms with E-state index in [0.29, 0.717) is 5.54 Å². The highest BCUT2D eigenvalue weighted by atomic mass is 15.4. The van der Waals surface area contributed by atoms with Crippen molar-refractivity contribution in [1.29, 1.82) is 0 Å². The molecule has 68 valence electrons. The molecule has 0 aromatic heterocycles. The van der Waals surface area contributed by atoms with Gasteiger partial charge in [-0.05, 0) is 38.0 Å². The third kappa shape index (κ3) is 0.834. The summed E-state index contributed by atoms with van der Waals surface area (Å²) in [5, 5.41) is 0. The fraction of sp³-hybridized carbons (Fsp3) is 1.00. The molecule has 0 radical (unpaired) electrons. The zero-order chi connectivity index (χ0) is 8.34. The van der Waals surface area contributed by atoms with Crippen LogP contribution in [0.15, 0.2) is 0 Å². The molecular formula is C11H19N. The van der Waals surface area contributed by atoms with Crippen LogP contribution in [0.1, 0.15) is 39.5 Å². The van der Waals surface area contributed by atoms with Crippen molar-refractivity contribution in [3.05, 3.63) is 0 Å². The minimum absolute atomic E-state index is 0.691. The minimum atomic E-state index is 0.691. The summed E-state index contributed by atoms with van der Waals surface area (Å²) in [6.07, 6.45) is 6.02. The van der Waals surface area contributed by atoms with Gasteiger partial charge in [-0.1, -0.05) is 13.3 Å². The van der Waals surface area contributed by atoms with Gasteiger partial charge >= 0.3 is 0 Å². The summed E-state index contributed by atoms with van der Waals surface area (Å²) < 4.78 is 0. The Morgan fingerprint density at radius 1 is 1.33 bits per heavy atom. The van der Waals surface area contributed by atoms with Gasteiger partial charge in [0.25, 0.3) is 0 Å². The third-order valence-corrected chi connectivity index (χ3v) is 4.43. The van der Waals surface area contributed by atoms with E-state index in [1.54, 1.807) is 0 Å². The van der Waals surface area contributed by atoms with Crippen molar-refractivity contribution in [3.63, 3.8) is 0 Å². The molecule has 1 heteroatoms. The summed E-state index contributed by atoms with van der Waals surface area (Å²) in [5.74, 6) is 2.08. The van der Waals surface area contributed by atoms with Crippen molar-refractivity contribution in [2.45, 2.75) is 51.1 Å². The average molecular weight is 165 g/mol. The summed E-state index contributed by atoms with van der Waals surface area (Å²) in [6, 6.07) is 1.000. The molecule has 0 aromatic carbocycles. The van der Waals surface area contributed by atoms with Crippen molar-refractivity contribution in [3.8, 4) is 0 Å². The van der Waals surface area contributed by atoms with Crippen LogP contribution in [0.3, 0.4) is 0 Å². The van der Waals surface area contributed by atoms with Crippen molar-refractivity contribution in [1.82, 2.24) is 4.90 Å². The number of nitrogens with zero attached hydrogens (tertiary/aromatic N) is 1. The molecule has 1 nitrogen and oxygen atoms in total. The Hall–Kier alpha value is -0.0400. The fourth-order valence-electron chi connectivity index (χ4n) is 3.50. The quantitative estimate of drug-likeness (QED) is 0.539. The van der Waals surface area contributed by atoms with Gasteiger partial charge in [-0.15, -0.1) is 0 Å². The maximum Gasteiger partial charge on any atom is 0.0327 e. The second kappa shape index (κ2) is 2.06. The van der Waals surface area contributed by atoms with Crippen LogP contribution in [0.25, 0.3) is 0 Å². The molecule has 1 saturated carbocycles. The first-order valence-electron chi connectivity index (χ1n) is 5.46. The van der Waals surface area contributed by atoms with Crippen molar-refractivity contribution in [2.24, 2.45) is 11.8 Å². The summed E-state index contributed by atoms with van der Waals surface area (Å²) in [4.78, 5) is 2.72. The van der Waals surface area contributed by atoms with E-state index in [-0.39, 0.29) is 0 Å². The Labute approximate surface area is 75.1 Å². The monoisotopic (exact) mass is 165 g/mol. The van der Waals surface area contributed by atoms with E-state index < -0.39 is 0 Å². The Balaban J connectivity index is 1.62. The Morgan fingerprint density at radius 2 is 2.17 bits per heavy atom. The van der Waals surface area contributed by atoms with Gasteiger partial charge in [0.2, 0.25) is 0 Å². The number of rotatable bonds is 1. The summed E-state index contributed by atoms with van der Waals surface area (Å²) in [5.41, 5.74) is 0.691. The van der Waals surface area contributed by atoms with Crippen LogP contribution in [-0.4, -0.2) is 23.0 Å². The van der Waals surface area contributed by atoms with Gasteiger partial charge in [-0.3, -0.25) is 4.90 Å². The first kappa shape index (κ1) is 7.37. The third-order valence-electron chi connectivity index (χ3n) is 4.43. The van der Waals surface area contributed by atoms with Crippen LogP contribution in [-0.2, 0) is 0 Å². The van der Waals surface area contributed by atoms with Crippen LogP contribution in [0, 0.1) is 11.8 Å². The molecule has 0 aromatic rings. The van der Waals surface area contributed by atoms with Gasteiger partial charge in [0, 0.05) is 18.1 Å². The molecule has 5 atom stereocenters. The van der Waals surface area contributed by atoms with Crippen molar-refractivity contribution in [2.75, 3.05) is 6.54 Å². The molecule has 3 fully saturated rings. The molecule has 0 amide bonds. The van der Waals surface area contributed by atoms with Gasteiger partial charge in [0.1, 0.15) is 0 Å². The maximum atomic E-state index is 2.72. The molecule has 2 aliphatic heterocycles. The van der Waals surface area contributed by atoms with E-state index in [4.69, 9.17) is 0 Å². The largest absolute Gasteiger partial charge is 0.291 e. The molecule has 5 unspecified atom stereocenters. The Bertz CT molecular complexity index is 211. The van der Waals surface area contributed by atoms with Gasteiger partial charge in [-0.25, -0.2) is 0 Å². The molecule has 3 aliphatic rings. The van der Waals surface area contributed by atoms with Gasteiger partial charge in [-0.2, -0.15) is 0 Å². The van der Waals surface area contributed by atoms with Crippen molar-refractivity contribution < 1.29 is 0 Å². The summed E-state index contributed by atoms with van der Waals surface area (Å²) >= 11 is 0. The Kier molecular flexibility index (Phi) is 1.27. The van der Waals surface area contributed by atoms with Crippen molar-refractivity contribution >= 4 is 0 Å². The first-order valence-corrected chi connectivity index (χ1v) is 5.46. The second-order valence-electron chi connectivity index (χ2n) is 5.57. The lowest BCUT2D eigenvalue weighted by atomic mass is 9.84. The molecule has 12 heavy (non-hydrogen) atoms. The molecule has 2 saturated heterocycles. The smallest absolute Gasteiger partial charge is 0.0327 e. The number of hydrogen-bond donors (Lipinski definition) is 0. The zero-order valence-corrected chi connectivity index (χ0v) is 8.21. The second-order valence-corrected chi connectivity index (χ2v) is 5.57. The summed E-state index contributed by atoms with van der Waals surface area (Å²) in [7, 11) is 0. The van der Waals surface area contributed by atoms with Crippen LogP contribution in [0.4, 0.5) is 0 Å². The molecule has 1 aliphatic carbocycles. The predicted octanol–water partition coefficient (Wildman–Crippen LogP) is 2.27.